The van der Waals surface area contributed by atoms with Crippen LogP contribution in [0.25, 0.3) is 17.2 Å². The monoisotopic (exact) mass is 492 g/mol. The van der Waals surface area contributed by atoms with Crippen LogP contribution in [0, 0.1) is 34.9 Å². The molecule has 2 heterocycles. The highest BCUT2D eigenvalue weighted by molar-refractivity contribution is 6.04. The number of cyclic esters (lactones) is 1. The molecule has 36 heavy (non-hydrogen) atoms. The van der Waals surface area contributed by atoms with Gasteiger partial charge in [-0.2, -0.15) is 0 Å². The molecule has 1 aliphatic heterocycles. The number of nitrogens with zero attached hydrogens (tertiary/aromatic N) is 1. The predicted octanol–water partition coefficient (Wildman–Crippen LogP) is 4.38. The molecule has 1 aromatic carbocycles. The summed E-state index contributed by atoms with van der Waals surface area (Å²) in [5.74, 6) is -0.676. The number of allylic oxidation sites excluding steroid dienone is 1. The Hall–Kier alpha value is -3.06. The summed E-state index contributed by atoms with van der Waals surface area (Å²) in [6, 6.07) is 10.2. The number of carbonyl (C=O) groups is 2. The van der Waals surface area contributed by atoms with Crippen molar-refractivity contribution in [3.8, 4) is 11.1 Å². The van der Waals surface area contributed by atoms with Crippen LogP contribution in [0.3, 0.4) is 0 Å². The Balaban J connectivity index is 1.46. The van der Waals surface area contributed by atoms with E-state index in [4.69, 9.17) is 4.74 Å². The Labute approximate surface area is 211 Å². The van der Waals surface area contributed by atoms with Gasteiger partial charge in [0.25, 0.3) is 0 Å². The highest BCUT2D eigenvalue weighted by Crippen LogP contribution is 2.59. The third-order valence-electron chi connectivity index (χ3n) is 8.43. The normalized spacial score (nSPS) is 31.5. The molecule has 2 aromatic rings. The van der Waals surface area contributed by atoms with Crippen molar-refractivity contribution in [2.45, 2.75) is 45.1 Å². The second-order valence-corrected chi connectivity index (χ2v) is 10.4. The maximum absolute atomic E-state index is 13.6. The molecule has 0 radical (unpaired) electrons. The van der Waals surface area contributed by atoms with Gasteiger partial charge < -0.3 is 15.2 Å². The van der Waals surface area contributed by atoms with Gasteiger partial charge >= 0.3 is 5.97 Å². The van der Waals surface area contributed by atoms with Gasteiger partial charge in [-0.1, -0.05) is 43.5 Å². The average molecular weight is 493 g/mol. The van der Waals surface area contributed by atoms with Gasteiger partial charge in [-0.15, -0.1) is 0 Å². The first-order valence-electron chi connectivity index (χ1n) is 12.9. The van der Waals surface area contributed by atoms with Crippen molar-refractivity contribution in [1.82, 2.24) is 10.3 Å². The zero-order valence-electron chi connectivity index (χ0n) is 20.5. The van der Waals surface area contributed by atoms with Crippen molar-refractivity contribution in [1.29, 1.82) is 0 Å². The molecule has 6 atom stereocenters. The van der Waals surface area contributed by atoms with Crippen molar-refractivity contribution in [2.24, 2.45) is 29.1 Å². The van der Waals surface area contributed by atoms with E-state index in [1.54, 1.807) is 12.3 Å². The number of halogens is 1. The average Bonchev–Trinajstić information content (AvgIpc) is 3.15. The van der Waals surface area contributed by atoms with E-state index in [2.05, 4.69) is 16.4 Å². The topological polar surface area (TPSA) is 88.5 Å². The van der Waals surface area contributed by atoms with Crippen LogP contribution >= 0.6 is 0 Å². The van der Waals surface area contributed by atoms with E-state index >= 15 is 0 Å². The number of esters is 1. The second-order valence-electron chi connectivity index (χ2n) is 10.4. The van der Waals surface area contributed by atoms with Gasteiger partial charge in [0.2, 0.25) is 5.91 Å². The minimum atomic E-state index is -1.23. The fourth-order valence-electron chi connectivity index (χ4n) is 6.90. The van der Waals surface area contributed by atoms with Gasteiger partial charge in [-0.05, 0) is 67.4 Å². The predicted molar refractivity (Wildman–Crippen MR) is 134 cm³/mol. The molecule has 2 N–H and O–H groups in total. The second kappa shape index (κ2) is 10.1. The van der Waals surface area contributed by atoms with Crippen molar-refractivity contribution in [3.05, 3.63) is 60.2 Å². The molecule has 1 unspecified atom stereocenters. The Morgan fingerprint density at radius 1 is 1.25 bits per heavy atom. The number of rotatable bonds is 6. The Kier molecular flexibility index (Phi) is 6.93. The highest BCUT2D eigenvalue weighted by atomic mass is 19.1. The Morgan fingerprint density at radius 2 is 2.08 bits per heavy atom. The van der Waals surface area contributed by atoms with Crippen LogP contribution in [0.4, 0.5) is 4.39 Å². The first-order valence-corrected chi connectivity index (χ1v) is 12.9. The van der Waals surface area contributed by atoms with Gasteiger partial charge in [-0.25, -0.2) is 4.39 Å². The van der Waals surface area contributed by atoms with Crippen LogP contribution in [0.5, 0.6) is 0 Å². The number of fused-ring (bicyclic) bond motifs is 2. The maximum Gasteiger partial charge on any atom is 0.322 e. The third kappa shape index (κ3) is 4.34. The van der Waals surface area contributed by atoms with E-state index in [1.165, 1.54) is 12.1 Å². The van der Waals surface area contributed by atoms with E-state index in [0.29, 0.717) is 12.3 Å². The molecular weight excluding hydrogens is 459 g/mol. The Bertz CT molecular complexity index is 1150. The summed E-state index contributed by atoms with van der Waals surface area (Å²) in [6.07, 6.45) is 10.3. The first-order chi connectivity index (χ1) is 17.4. The minimum Gasteiger partial charge on any atom is -0.461 e. The van der Waals surface area contributed by atoms with Gasteiger partial charge in [-0.3, -0.25) is 14.6 Å². The summed E-state index contributed by atoms with van der Waals surface area (Å²) >= 11 is 0. The number of aromatic nitrogens is 1. The lowest BCUT2D eigenvalue weighted by Gasteiger charge is -2.50. The van der Waals surface area contributed by atoms with Gasteiger partial charge in [0.05, 0.1) is 12.3 Å². The number of pyridine rings is 1. The molecule has 0 spiro atoms. The number of amides is 1. The summed E-state index contributed by atoms with van der Waals surface area (Å²) in [5.41, 5.74) is 1.14. The zero-order chi connectivity index (χ0) is 25.3. The summed E-state index contributed by atoms with van der Waals surface area (Å²) in [5, 5.41) is 12.0. The molecule has 1 aromatic heterocycles. The summed E-state index contributed by atoms with van der Waals surface area (Å²) in [4.78, 5) is 31.2. The molecule has 2 saturated carbocycles. The first kappa shape index (κ1) is 24.6. The minimum absolute atomic E-state index is 0.00456. The fourth-order valence-corrected chi connectivity index (χ4v) is 6.90. The number of hydrogen-bond donors (Lipinski definition) is 2. The molecule has 190 valence electrons. The number of aliphatic hydroxyl groups excluding tert-OH is 1. The number of ether oxygens (including phenoxy) is 1. The molecule has 6 nitrogen and oxygen atoms in total. The van der Waals surface area contributed by atoms with Crippen LogP contribution in [0.2, 0.25) is 0 Å². The van der Waals surface area contributed by atoms with Crippen molar-refractivity contribution in [3.63, 3.8) is 0 Å². The number of carbonyl (C=O) groups excluding carboxylic acids is 2. The lowest BCUT2D eigenvalue weighted by molar-refractivity contribution is -0.158. The van der Waals surface area contributed by atoms with Gasteiger partial charge in [0.1, 0.15) is 11.9 Å². The number of benzene rings is 1. The Morgan fingerprint density at radius 3 is 2.83 bits per heavy atom. The van der Waals surface area contributed by atoms with E-state index in [-0.39, 0.29) is 48.7 Å². The standard InChI is InChI=1S/C29H33FN2O4/c1-18-26-25(12-11-23-10-9-21(17-32-23)19-6-4-7-22(30)15-19)24-8-3-2-5-20(24)16-29(26,28(35)36-18)27(34)31-13-14-33/h4,6-7,9-12,15,17-18,20,24-26,33H,2-3,5,8,13-14,16H2,1H3,(H,31,34)/b12-11+/t18-,20+,24-,25?,26+,29-/m1/s1. The largest absolute Gasteiger partial charge is 0.461 e. The number of hydrogen-bond acceptors (Lipinski definition) is 5. The fraction of sp³-hybridized carbons (Fsp3) is 0.483. The van der Waals surface area contributed by atoms with Gasteiger partial charge in [0, 0.05) is 24.2 Å². The molecule has 2 aliphatic carbocycles. The summed E-state index contributed by atoms with van der Waals surface area (Å²) < 4.78 is 19.3. The molecule has 7 heteroatoms. The van der Waals surface area contributed by atoms with E-state index in [9.17, 15) is 19.1 Å². The molecule has 0 bridgehead atoms. The third-order valence-corrected chi connectivity index (χ3v) is 8.43. The number of nitrogens with one attached hydrogen (secondary N) is 1. The quantitative estimate of drug-likeness (QED) is 0.462. The summed E-state index contributed by atoms with van der Waals surface area (Å²) in [6.45, 7) is 1.83. The van der Waals surface area contributed by atoms with Crippen LogP contribution < -0.4 is 5.32 Å². The zero-order valence-corrected chi connectivity index (χ0v) is 20.5. The summed E-state index contributed by atoms with van der Waals surface area (Å²) in [7, 11) is 0. The lowest BCUT2D eigenvalue weighted by atomic mass is 9.51. The van der Waals surface area contributed by atoms with Crippen LogP contribution in [0.1, 0.15) is 44.7 Å². The van der Waals surface area contributed by atoms with E-state index in [1.807, 2.05) is 31.2 Å². The van der Waals surface area contributed by atoms with Crippen molar-refractivity contribution in [2.75, 3.05) is 13.2 Å². The highest BCUT2D eigenvalue weighted by Gasteiger charge is 2.67. The smallest absolute Gasteiger partial charge is 0.322 e. The molecule has 1 saturated heterocycles. The number of aliphatic hydroxyl groups is 1. The molecule has 3 fully saturated rings. The van der Waals surface area contributed by atoms with E-state index in [0.717, 1.165) is 42.5 Å². The maximum atomic E-state index is 13.6. The van der Waals surface area contributed by atoms with E-state index < -0.39 is 11.4 Å². The SMILES string of the molecule is C[C@H]1OC(=O)[C@]2(C(=O)NCCO)C[C@@H]3CCCC[C@H]3C(/C=C/c3ccc(-c4cccc(F)c4)cn3)[C@H]12. The lowest BCUT2D eigenvalue weighted by Crippen LogP contribution is -2.57. The van der Waals surface area contributed by atoms with Crippen LogP contribution in [-0.2, 0) is 14.3 Å². The molecule has 1 amide bonds. The molecule has 3 aliphatic rings. The van der Waals surface area contributed by atoms with Crippen molar-refractivity contribution < 1.29 is 23.8 Å². The van der Waals surface area contributed by atoms with Crippen LogP contribution in [-0.4, -0.2) is 41.2 Å². The molecule has 5 rings (SSSR count). The van der Waals surface area contributed by atoms with Crippen LogP contribution in [0.15, 0.2) is 48.7 Å². The van der Waals surface area contributed by atoms with Gasteiger partial charge in [0.15, 0.2) is 5.41 Å². The molecular formula is C29H33FN2O4. The van der Waals surface area contributed by atoms with Crippen molar-refractivity contribution >= 4 is 18.0 Å².